The summed E-state index contributed by atoms with van der Waals surface area (Å²) in [6, 6.07) is 10.8. The van der Waals surface area contributed by atoms with Crippen molar-refractivity contribution in [3.8, 4) is 0 Å². The number of nitrogens with zero attached hydrogens (tertiary/aromatic N) is 2. The molecule has 7 heteroatoms. The summed E-state index contributed by atoms with van der Waals surface area (Å²) in [4.78, 5) is 4.73. The predicted molar refractivity (Wildman–Crippen MR) is 182 cm³/mol. The van der Waals surface area contributed by atoms with Gasteiger partial charge < -0.3 is 0 Å². The van der Waals surface area contributed by atoms with E-state index in [1.54, 1.807) is 18.2 Å². The normalized spacial score (nSPS) is 20.1. The smallest absolute Gasteiger partial charge is 0.141 e. The molecule has 0 radical (unpaired) electrons. The Balaban J connectivity index is 0.000000242. The molecule has 0 aliphatic carbocycles. The van der Waals surface area contributed by atoms with Crippen molar-refractivity contribution < 1.29 is 8.78 Å². The van der Waals surface area contributed by atoms with Gasteiger partial charge in [0.05, 0.1) is 11.1 Å². The molecule has 43 heavy (non-hydrogen) atoms. The summed E-state index contributed by atoms with van der Waals surface area (Å²) in [7, 11) is 0. The summed E-state index contributed by atoms with van der Waals surface area (Å²) >= 11 is 18.3. The van der Waals surface area contributed by atoms with Crippen molar-refractivity contribution >= 4 is 34.8 Å². The second-order valence-electron chi connectivity index (χ2n) is 13.8. The molecule has 2 saturated heterocycles. The van der Waals surface area contributed by atoms with Gasteiger partial charge in [0.15, 0.2) is 0 Å². The lowest BCUT2D eigenvalue weighted by molar-refractivity contribution is -0.0814. The van der Waals surface area contributed by atoms with Crippen molar-refractivity contribution in [3.05, 3.63) is 92.2 Å². The van der Waals surface area contributed by atoms with E-state index in [0.29, 0.717) is 34.8 Å². The SMILES string of the molecule is C/C=C\C(=C/C)[C@H](c1cc(Cl)cc(Cl)c1)N1CC(C)(C(C)(C)C)C1.CC(C)C1(F)CCN(Cc2ccc(F)c(Cl)c2)CC1. The van der Waals surface area contributed by atoms with Gasteiger partial charge in [-0.25, -0.2) is 8.78 Å². The molecule has 2 aliphatic rings. The van der Waals surface area contributed by atoms with Crippen molar-refractivity contribution in [2.24, 2.45) is 16.7 Å². The fraction of sp³-hybridized carbons (Fsp3) is 0.556. The first-order valence-electron chi connectivity index (χ1n) is 15.4. The second-order valence-corrected chi connectivity index (χ2v) is 15.1. The number of piperidine rings is 1. The minimum Gasteiger partial charge on any atom is -0.299 e. The molecule has 2 nitrogen and oxygen atoms in total. The maximum Gasteiger partial charge on any atom is 0.141 e. The number of allylic oxidation sites excluding steroid dienone is 2. The first kappa shape index (κ1) is 36.0. The minimum atomic E-state index is -1.03. The van der Waals surface area contributed by atoms with Crippen LogP contribution in [0.4, 0.5) is 8.78 Å². The van der Waals surface area contributed by atoms with E-state index < -0.39 is 11.5 Å². The topological polar surface area (TPSA) is 6.48 Å². The molecule has 0 aromatic heterocycles. The Morgan fingerprint density at radius 3 is 2.02 bits per heavy atom. The van der Waals surface area contributed by atoms with Crippen LogP contribution in [-0.2, 0) is 6.54 Å². The maximum atomic E-state index is 14.4. The van der Waals surface area contributed by atoms with Crippen LogP contribution in [-0.4, -0.2) is 41.6 Å². The van der Waals surface area contributed by atoms with Gasteiger partial charge in [-0.2, -0.15) is 0 Å². The highest BCUT2D eigenvalue weighted by Crippen LogP contribution is 2.50. The molecule has 2 aliphatic heterocycles. The molecule has 0 bridgehead atoms. The number of rotatable bonds is 7. The molecule has 0 amide bonds. The largest absolute Gasteiger partial charge is 0.299 e. The molecule has 2 fully saturated rings. The molecule has 2 aromatic carbocycles. The van der Waals surface area contributed by atoms with Gasteiger partial charge in [-0.1, -0.05) is 101 Å². The zero-order chi connectivity index (χ0) is 32.2. The first-order valence-corrected chi connectivity index (χ1v) is 16.5. The highest BCUT2D eigenvalue weighted by Gasteiger charge is 2.49. The monoisotopic (exact) mass is 652 g/mol. The maximum absolute atomic E-state index is 14.4. The standard InChI is InChI=1S/C21H29Cl2N.C15H20ClF2N/c1-7-9-15(8-2)19(16-10-17(22)12-18(23)11-16)24-13-21(6,14-24)20(3,4)5;1-11(2)15(18)5-7-19(8-6-15)10-12-3-4-14(17)13(16)9-12/h7-12,19H,13-14H2,1-6H3;3-4,9,11H,5-8,10H2,1-2H3/b9-7-,15-8+;/t19-;/m1./s1. The lowest BCUT2D eigenvalue weighted by atomic mass is 9.62. The minimum absolute atomic E-state index is 0.0647. The summed E-state index contributed by atoms with van der Waals surface area (Å²) in [5.41, 5.74) is 3.00. The van der Waals surface area contributed by atoms with Crippen molar-refractivity contribution in [2.45, 2.75) is 86.5 Å². The fourth-order valence-corrected chi connectivity index (χ4v) is 6.69. The number of benzene rings is 2. The zero-order valence-corrected chi connectivity index (χ0v) is 29.4. The van der Waals surface area contributed by atoms with Crippen LogP contribution in [0.2, 0.25) is 15.1 Å². The van der Waals surface area contributed by atoms with Gasteiger partial charge in [0, 0.05) is 42.8 Å². The van der Waals surface area contributed by atoms with E-state index in [4.69, 9.17) is 34.8 Å². The molecule has 1 atom stereocenters. The molecular weight excluding hydrogens is 605 g/mol. The van der Waals surface area contributed by atoms with Crippen LogP contribution in [0.5, 0.6) is 0 Å². The highest BCUT2D eigenvalue weighted by molar-refractivity contribution is 6.34. The van der Waals surface area contributed by atoms with Crippen LogP contribution in [0.3, 0.4) is 0 Å². The van der Waals surface area contributed by atoms with Crippen LogP contribution in [0.25, 0.3) is 0 Å². The predicted octanol–water partition coefficient (Wildman–Crippen LogP) is 11.4. The van der Waals surface area contributed by atoms with Crippen molar-refractivity contribution in [3.63, 3.8) is 0 Å². The Hall–Kier alpha value is -1.43. The average molecular weight is 654 g/mol. The molecule has 0 spiro atoms. The Labute approximate surface area is 274 Å². The average Bonchev–Trinajstić information content (AvgIpc) is 2.90. The van der Waals surface area contributed by atoms with Gasteiger partial charge in [-0.3, -0.25) is 9.80 Å². The van der Waals surface area contributed by atoms with Crippen LogP contribution in [0.1, 0.15) is 85.4 Å². The van der Waals surface area contributed by atoms with Crippen LogP contribution < -0.4 is 0 Å². The Morgan fingerprint density at radius 2 is 1.56 bits per heavy atom. The lowest BCUT2D eigenvalue weighted by Crippen LogP contribution is -2.61. The first-order chi connectivity index (χ1) is 20.0. The number of alkyl halides is 1. The summed E-state index contributed by atoms with van der Waals surface area (Å²) in [6.45, 7) is 21.7. The number of halogens is 5. The summed E-state index contributed by atoms with van der Waals surface area (Å²) in [5.74, 6) is -0.332. The number of likely N-dealkylation sites (tertiary alicyclic amines) is 2. The highest BCUT2D eigenvalue weighted by atomic mass is 35.5. The van der Waals surface area contributed by atoms with Gasteiger partial charge in [0.2, 0.25) is 0 Å². The molecule has 0 unspecified atom stereocenters. The molecule has 0 N–H and O–H groups in total. The molecule has 238 valence electrons. The molecule has 2 aromatic rings. The summed E-state index contributed by atoms with van der Waals surface area (Å²) < 4.78 is 27.5. The van der Waals surface area contributed by atoms with E-state index in [0.717, 1.165) is 37.3 Å². The van der Waals surface area contributed by atoms with Crippen molar-refractivity contribution in [1.29, 1.82) is 0 Å². The quantitative estimate of drug-likeness (QED) is 0.274. The van der Waals surface area contributed by atoms with Gasteiger partial charge in [-0.15, -0.1) is 0 Å². The second kappa shape index (κ2) is 14.8. The van der Waals surface area contributed by atoms with E-state index in [1.807, 2.05) is 26.0 Å². The Morgan fingerprint density at radius 1 is 0.977 bits per heavy atom. The van der Waals surface area contributed by atoms with Crippen LogP contribution in [0.15, 0.2) is 60.2 Å². The van der Waals surface area contributed by atoms with Gasteiger partial charge in [0.25, 0.3) is 0 Å². The third-order valence-electron chi connectivity index (χ3n) is 9.60. The van der Waals surface area contributed by atoms with Crippen LogP contribution >= 0.6 is 34.8 Å². The van der Waals surface area contributed by atoms with E-state index >= 15 is 0 Å². The Bertz CT molecular complexity index is 1260. The van der Waals surface area contributed by atoms with E-state index in [2.05, 4.69) is 69.6 Å². The molecule has 2 heterocycles. The zero-order valence-electron chi connectivity index (χ0n) is 27.1. The fourth-order valence-electron chi connectivity index (χ4n) is 5.95. The van der Waals surface area contributed by atoms with E-state index in [1.165, 1.54) is 11.6 Å². The van der Waals surface area contributed by atoms with Crippen LogP contribution in [0, 0.1) is 22.6 Å². The number of hydrogen-bond donors (Lipinski definition) is 0. The number of hydrogen-bond acceptors (Lipinski definition) is 2. The van der Waals surface area contributed by atoms with Gasteiger partial charge in [0.1, 0.15) is 11.5 Å². The van der Waals surface area contributed by atoms with E-state index in [-0.39, 0.29) is 22.4 Å². The van der Waals surface area contributed by atoms with Crippen molar-refractivity contribution in [1.82, 2.24) is 9.80 Å². The molecule has 0 saturated carbocycles. The summed E-state index contributed by atoms with van der Waals surface area (Å²) in [5, 5.41) is 1.53. The van der Waals surface area contributed by atoms with E-state index in [9.17, 15) is 8.78 Å². The third-order valence-corrected chi connectivity index (χ3v) is 10.3. The summed E-state index contributed by atoms with van der Waals surface area (Å²) in [6.07, 6.45) is 7.61. The Kier molecular flexibility index (Phi) is 12.4. The van der Waals surface area contributed by atoms with Crippen molar-refractivity contribution in [2.75, 3.05) is 26.2 Å². The van der Waals surface area contributed by atoms with Gasteiger partial charge >= 0.3 is 0 Å². The van der Waals surface area contributed by atoms with Gasteiger partial charge in [-0.05, 0) is 90.5 Å². The lowest BCUT2D eigenvalue weighted by Gasteiger charge is -2.58. The third kappa shape index (κ3) is 9.07. The molecular formula is C36H49Cl3F2N2. The molecule has 4 rings (SSSR count).